The van der Waals surface area contributed by atoms with Crippen LogP contribution in [-0.4, -0.2) is 5.78 Å². The van der Waals surface area contributed by atoms with E-state index in [4.69, 9.17) is 0 Å². The Morgan fingerprint density at radius 2 is 2.00 bits per heavy atom. The Morgan fingerprint density at radius 3 is 2.53 bits per heavy atom. The Kier molecular flexibility index (Phi) is 2.03. The minimum Gasteiger partial charge on any atom is -0.294 e. The first-order valence-electron chi connectivity index (χ1n) is 5.79. The second-order valence-corrected chi connectivity index (χ2v) is 6.44. The van der Waals surface area contributed by atoms with Crippen LogP contribution in [0.1, 0.15) is 39.4 Å². The molecule has 1 aromatic heterocycles. The van der Waals surface area contributed by atoms with Gasteiger partial charge in [-0.2, -0.15) is 0 Å². The highest BCUT2D eigenvalue weighted by molar-refractivity contribution is 7.12. The van der Waals surface area contributed by atoms with Gasteiger partial charge < -0.3 is 0 Å². The minimum atomic E-state index is 0.395. The van der Waals surface area contributed by atoms with Crippen LogP contribution in [0.4, 0.5) is 0 Å². The van der Waals surface area contributed by atoms with Crippen LogP contribution < -0.4 is 0 Å². The second-order valence-electron chi connectivity index (χ2n) is 4.98. The third kappa shape index (κ3) is 1.38. The predicted molar refractivity (Wildman–Crippen MR) is 62.4 cm³/mol. The molecule has 2 fully saturated rings. The molecular weight excluding hydrogens is 204 g/mol. The van der Waals surface area contributed by atoms with E-state index in [2.05, 4.69) is 19.9 Å². The molecule has 15 heavy (non-hydrogen) atoms. The van der Waals surface area contributed by atoms with E-state index < -0.39 is 0 Å². The zero-order chi connectivity index (χ0) is 10.6. The molecule has 2 heteroatoms. The van der Waals surface area contributed by atoms with Crippen LogP contribution in [0.5, 0.6) is 0 Å². The number of carbonyl (C=O) groups excluding carboxylic acids is 1. The number of hydrogen-bond donors (Lipinski definition) is 0. The van der Waals surface area contributed by atoms with E-state index >= 15 is 0 Å². The highest BCUT2D eigenvalue weighted by atomic mass is 32.1. The summed E-state index contributed by atoms with van der Waals surface area (Å²) in [6.45, 7) is 4.16. The van der Waals surface area contributed by atoms with E-state index in [0.717, 1.165) is 17.4 Å². The average molecular weight is 220 g/mol. The van der Waals surface area contributed by atoms with Crippen molar-refractivity contribution in [1.29, 1.82) is 0 Å². The number of carbonyl (C=O) groups is 1. The number of aryl methyl sites for hydroxylation is 2. The number of fused-ring (bicyclic) bond motifs is 1. The van der Waals surface area contributed by atoms with Crippen LogP contribution in [0.3, 0.4) is 0 Å². The summed E-state index contributed by atoms with van der Waals surface area (Å²) < 4.78 is 0. The minimum absolute atomic E-state index is 0.395. The first kappa shape index (κ1) is 9.59. The Bertz CT molecular complexity index is 408. The SMILES string of the molecule is Cc1cc(C(=O)C2C3CCCC32)c(C)s1. The summed E-state index contributed by atoms with van der Waals surface area (Å²) in [7, 11) is 0. The van der Waals surface area contributed by atoms with E-state index in [0.29, 0.717) is 11.7 Å². The van der Waals surface area contributed by atoms with Gasteiger partial charge in [0.05, 0.1) is 0 Å². The highest BCUT2D eigenvalue weighted by Crippen LogP contribution is 2.58. The van der Waals surface area contributed by atoms with E-state index in [1.54, 1.807) is 11.3 Å². The Hall–Kier alpha value is -0.630. The number of rotatable bonds is 2. The van der Waals surface area contributed by atoms with Crippen LogP contribution in [0.25, 0.3) is 0 Å². The van der Waals surface area contributed by atoms with E-state index in [-0.39, 0.29) is 0 Å². The molecule has 1 nitrogen and oxygen atoms in total. The molecule has 0 amide bonds. The van der Waals surface area contributed by atoms with Gasteiger partial charge in [0.1, 0.15) is 0 Å². The van der Waals surface area contributed by atoms with Crippen LogP contribution >= 0.6 is 11.3 Å². The van der Waals surface area contributed by atoms with Gasteiger partial charge in [-0.3, -0.25) is 4.79 Å². The maximum absolute atomic E-state index is 12.3. The average Bonchev–Trinajstić information content (AvgIpc) is 2.58. The van der Waals surface area contributed by atoms with E-state index in [1.807, 2.05) is 0 Å². The molecule has 0 bridgehead atoms. The standard InChI is InChI=1S/C13H16OS/c1-7-6-11(8(2)15-7)13(14)12-9-4-3-5-10(9)12/h6,9-10,12H,3-5H2,1-2H3. The third-order valence-corrected chi connectivity index (χ3v) is 4.98. The van der Waals surface area contributed by atoms with E-state index in [1.165, 1.54) is 29.0 Å². The molecule has 2 unspecified atom stereocenters. The fourth-order valence-electron chi connectivity index (χ4n) is 3.27. The Labute approximate surface area is 94.5 Å². The molecule has 2 atom stereocenters. The lowest BCUT2D eigenvalue weighted by atomic mass is 10.0. The quantitative estimate of drug-likeness (QED) is 0.696. The summed E-state index contributed by atoms with van der Waals surface area (Å²) in [6.07, 6.45) is 3.94. The maximum Gasteiger partial charge on any atom is 0.167 e. The van der Waals surface area contributed by atoms with Gasteiger partial charge in [0.25, 0.3) is 0 Å². The van der Waals surface area contributed by atoms with Crippen molar-refractivity contribution in [1.82, 2.24) is 0 Å². The molecule has 2 aliphatic carbocycles. The van der Waals surface area contributed by atoms with E-state index in [9.17, 15) is 4.79 Å². The lowest BCUT2D eigenvalue weighted by Crippen LogP contribution is -2.06. The monoisotopic (exact) mass is 220 g/mol. The molecule has 0 aliphatic heterocycles. The summed E-state index contributed by atoms with van der Waals surface area (Å²) in [5, 5.41) is 0. The Balaban J connectivity index is 1.84. The number of hydrogen-bond acceptors (Lipinski definition) is 2. The molecule has 1 heterocycles. The first-order chi connectivity index (χ1) is 7.18. The van der Waals surface area contributed by atoms with Crippen molar-refractivity contribution in [2.75, 3.05) is 0 Å². The smallest absolute Gasteiger partial charge is 0.167 e. The van der Waals surface area contributed by atoms with Crippen LogP contribution in [0.15, 0.2) is 6.07 Å². The summed E-state index contributed by atoms with van der Waals surface area (Å²) in [6, 6.07) is 2.08. The molecular formula is C13H16OS. The molecule has 1 aromatic rings. The van der Waals surface area contributed by atoms with Crippen molar-refractivity contribution in [3.8, 4) is 0 Å². The topological polar surface area (TPSA) is 17.1 Å². The van der Waals surface area contributed by atoms with Crippen molar-refractivity contribution < 1.29 is 4.79 Å². The van der Waals surface area contributed by atoms with Crippen molar-refractivity contribution in [3.05, 3.63) is 21.4 Å². The number of thiophene rings is 1. The molecule has 2 aliphatic rings. The van der Waals surface area contributed by atoms with Gasteiger partial charge in [-0.25, -0.2) is 0 Å². The number of Topliss-reactive ketones (excluding diaryl/α,β-unsaturated/α-hetero) is 1. The molecule has 0 spiro atoms. The normalized spacial score (nSPS) is 32.8. The molecule has 0 aromatic carbocycles. The molecule has 0 N–H and O–H groups in total. The van der Waals surface area contributed by atoms with Gasteiger partial charge in [0, 0.05) is 21.2 Å². The van der Waals surface area contributed by atoms with Crippen LogP contribution in [0, 0.1) is 31.6 Å². The van der Waals surface area contributed by atoms with Gasteiger partial charge in [0.2, 0.25) is 0 Å². The highest BCUT2D eigenvalue weighted by Gasteiger charge is 2.56. The van der Waals surface area contributed by atoms with Crippen molar-refractivity contribution in [2.24, 2.45) is 17.8 Å². The molecule has 0 radical (unpaired) electrons. The molecule has 3 rings (SSSR count). The molecule has 80 valence electrons. The van der Waals surface area contributed by atoms with Gasteiger partial charge in [-0.1, -0.05) is 6.42 Å². The summed E-state index contributed by atoms with van der Waals surface area (Å²) in [4.78, 5) is 14.7. The van der Waals surface area contributed by atoms with Gasteiger partial charge in [-0.05, 0) is 44.6 Å². The van der Waals surface area contributed by atoms with Crippen LogP contribution in [-0.2, 0) is 0 Å². The second kappa shape index (κ2) is 3.18. The van der Waals surface area contributed by atoms with Gasteiger partial charge in [0.15, 0.2) is 5.78 Å². The van der Waals surface area contributed by atoms with Crippen LogP contribution in [0.2, 0.25) is 0 Å². The summed E-state index contributed by atoms with van der Waals surface area (Å²) >= 11 is 1.75. The predicted octanol–water partition coefficient (Wildman–Crippen LogP) is 3.59. The largest absolute Gasteiger partial charge is 0.294 e. The molecule has 2 saturated carbocycles. The summed E-state index contributed by atoms with van der Waals surface area (Å²) in [5.74, 6) is 2.33. The summed E-state index contributed by atoms with van der Waals surface area (Å²) in [5.41, 5.74) is 1.01. The van der Waals surface area contributed by atoms with Gasteiger partial charge in [-0.15, -0.1) is 11.3 Å². The molecule has 0 saturated heterocycles. The fourth-order valence-corrected chi connectivity index (χ4v) is 4.19. The first-order valence-corrected chi connectivity index (χ1v) is 6.61. The fraction of sp³-hybridized carbons (Fsp3) is 0.615. The van der Waals surface area contributed by atoms with Crippen molar-refractivity contribution in [2.45, 2.75) is 33.1 Å². The zero-order valence-electron chi connectivity index (χ0n) is 9.25. The number of ketones is 1. The van der Waals surface area contributed by atoms with Crippen molar-refractivity contribution in [3.63, 3.8) is 0 Å². The third-order valence-electron chi connectivity index (χ3n) is 4.02. The lowest BCUT2D eigenvalue weighted by molar-refractivity contribution is 0.0951. The zero-order valence-corrected chi connectivity index (χ0v) is 10.1. The van der Waals surface area contributed by atoms with Gasteiger partial charge >= 0.3 is 0 Å². The Morgan fingerprint density at radius 1 is 1.33 bits per heavy atom. The van der Waals surface area contributed by atoms with Crippen molar-refractivity contribution >= 4 is 17.1 Å². The maximum atomic E-state index is 12.3. The lowest BCUT2D eigenvalue weighted by Gasteiger charge is -2.01.